The summed E-state index contributed by atoms with van der Waals surface area (Å²) in [5.41, 5.74) is 0.544. The number of alkyl halides is 2. The highest BCUT2D eigenvalue weighted by Crippen LogP contribution is 2.37. The summed E-state index contributed by atoms with van der Waals surface area (Å²) in [5, 5.41) is 9.63. The molecule has 0 aliphatic carbocycles. The Morgan fingerprint density at radius 2 is 1.83 bits per heavy atom. The van der Waals surface area contributed by atoms with E-state index in [4.69, 9.17) is 26.4 Å². The Balaban J connectivity index is 2.44. The van der Waals surface area contributed by atoms with Crippen LogP contribution in [0, 0.1) is 4.77 Å². The van der Waals surface area contributed by atoms with E-state index in [0.717, 1.165) is 4.68 Å². The highest BCUT2D eigenvalue weighted by atomic mass is 32.1. The molecule has 1 aromatic carbocycles. The Hall–Kier alpha value is -2.49. The number of methoxy groups -OCH3 is 3. The normalized spacial score (nSPS) is 11.2. The highest BCUT2D eigenvalue weighted by molar-refractivity contribution is 7.71. The molecule has 0 saturated carbocycles. The van der Waals surface area contributed by atoms with Gasteiger partial charge in [-0.05, 0) is 24.4 Å². The Labute approximate surface area is 135 Å². The van der Waals surface area contributed by atoms with Crippen LogP contribution in [0.2, 0.25) is 0 Å². The molecule has 0 saturated heterocycles. The largest absolute Gasteiger partial charge is 0.493 e. The zero-order valence-corrected chi connectivity index (χ0v) is 13.4. The van der Waals surface area contributed by atoms with Crippen LogP contribution in [0.15, 0.2) is 17.2 Å². The summed E-state index contributed by atoms with van der Waals surface area (Å²) in [6.45, 7) is 0. The van der Waals surface area contributed by atoms with Crippen LogP contribution in [0.25, 0.3) is 0 Å². The predicted molar refractivity (Wildman–Crippen MR) is 81.5 cm³/mol. The second-order valence-corrected chi connectivity index (χ2v) is 4.59. The lowest BCUT2D eigenvalue weighted by Crippen LogP contribution is -2.00. The third-order valence-corrected chi connectivity index (χ3v) is 3.14. The second kappa shape index (κ2) is 7.18. The van der Waals surface area contributed by atoms with E-state index in [1.54, 1.807) is 12.1 Å². The number of aromatic amines is 1. The van der Waals surface area contributed by atoms with Gasteiger partial charge in [-0.1, -0.05) is 0 Å². The molecule has 1 heterocycles. The number of aromatic nitrogens is 3. The number of hydrogen-bond donors (Lipinski definition) is 1. The van der Waals surface area contributed by atoms with Crippen LogP contribution in [0.5, 0.6) is 17.2 Å². The summed E-state index contributed by atoms with van der Waals surface area (Å²) in [5.74, 6) is 0.676. The Bertz CT molecular complexity index is 748. The van der Waals surface area contributed by atoms with E-state index in [-0.39, 0.29) is 4.77 Å². The molecule has 0 bridgehead atoms. The van der Waals surface area contributed by atoms with Gasteiger partial charge in [-0.15, -0.1) is 0 Å². The van der Waals surface area contributed by atoms with Crippen LogP contribution in [-0.2, 0) is 0 Å². The Morgan fingerprint density at radius 1 is 1.22 bits per heavy atom. The molecule has 1 N–H and O–H groups in total. The number of ether oxygens (including phenoxy) is 3. The number of nitrogens with zero attached hydrogens (tertiary/aromatic N) is 3. The lowest BCUT2D eigenvalue weighted by molar-refractivity contribution is 0.136. The summed E-state index contributed by atoms with van der Waals surface area (Å²) < 4.78 is 42.1. The van der Waals surface area contributed by atoms with Crippen LogP contribution in [-0.4, -0.2) is 42.4 Å². The maximum atomic E-state index is 12.8. The van der Waals surface area contributed by atoms with E-state index >= 15 is 0 Å². The van der Waals surface area contributed by atoms with Crippen LogP contribution >= 0.6 is 12.2 Å². The van der Waals surface area contributed by atoms with E-state index in [2.05, 4.69) is 15.3 Å². The quantitative estimate of drug-likeness (QED) is 0.644. The SMILES string of the molecule is COc1cc(C=Nn2c(C(F)F)n[nH]c2=S)cc(OC)c1OC. The van der Waals surface area contributed by atoms with E-state index in [1.165, 1.54) is 27.5 Å². The lowest BCUT2D eigenvalue weighted by Gasteiger charge is -2.12. The molecule has 0 amide bonds. The Morgan fingerprint density at radius 3 is 2.30 bits per heavy atom. The number of rotatable bonds is 6. The molecule has 0 fully saturated rings. The standard InChI is InChI=1S/C13H14F2N4O3S/c1-20-8-4-7(5-9(21-2)10(8)22-3)6-16-19-12(11(14)15)17-18-13(19)23/h4-6,11H,1-3H3,(H,18,23). The van der Waals surface area contributed by atoms with Gasteiger partial charge in [0.2, 0.25) is 16.3 Å². The minimum Gasteiger partial charge on any atom is -0.493 e. The van der Waals surface area contributed by atoms with Gasteiger partial charge >= 0.3 is 0 Å². The fourth-order valence-electron chi connectivity index (χ4n) is 1.86. The topological polar surface area (TPSA) is 73.7 Å². The molecule has 1 aromatic heterocycles. The Kier molecular flexibility index (Phi) is 5.27. The smallest absolute Gasteiger partial charge is 0.299 e. The van der Waals surface area contributed by atoms with Crippen LogP contribution in [0.1, 0.15) is 17.8 Å². The third-order valence-electron chi connectivity index (χ3n) is 2.88. The van der Waals surface area contributed by atoms with Crippen molar-refractivity contribution in [1.29, 1.82) is 0 Å². The summed E-state index contributed by atoms with van der Waals surface area (Å²) in [6.07, 6.45) is -1.47. The van der Waals surface area contributed by atoms with Gasteiger partial charge in [-0.3, -0.25) is 0 Å². The number of benzene rings is 1. The maximum absolute atomic E-state index is 12.8. The average Bonchev–Trinajstić information content (AvgIpc) is 2.92. The molecular weight excluding hydrogens is 330 g/mol. The molecule has 2 aromatic rings. The summed E-state index contributed by atoms with van der Waals surface area (Å²) in [4.78, 5) is 0. The molecular formula is C13H14F2N4O3S. The van der Waals surface area contributed by atoms with Gasteiger partial charge in [0.15, 0.2) is 11.5 Å². The van der Waals surface area contributed by atoms with Crippen molar-refractivity contribution in [3.05, 3.63) is 28.3 Å². The van der Waals surface area contributed by atoms with Crippen LogP contribution in [0.4, 0.5) is 8.78 Å². The zero-order chi connectivity index (χ0) is 17.0. The van der Waals surface area contributed by atoms with Crippen molar-refractivity contribution in [2.45, 2.75) is 6.43 Å². The molecule has 23 heavy (non-hydrogen) atoms. The van der Waals surface area contributed by atoms with Gasteiger partial charge in [-0.2, -0.15) is 14.9 Å². The van der Waals surface area contributed by atoms with Gasteiger partial charge in [0, 0.05) is 5.56 Å². The number of halogens is 2. The zero-order valence-electron chi connectivity index (χ0n) is 12.5. The van der Waals surface area contributed by atoms with Crippen LogP contribution < -0.4 is 14.2 Å². The first-order valence-corrected chi connectivity index (χ1v) is 6.72. The average molecular weight is 344 g/mol. The molecule has 0 unspecified atom stereocenters. The molecule has 2 rings (SSSR count). The lowest BCUT2D eigenvalue weighted by atomic mass is 10.2. The van der Waals surface area contributed by atoms with Gasteiger partial charge in [-0.25, -0.2) is 13.9 Å². The van der Waals surface area contributed by atoms with Crippen molar-refractivity contribution in [3.8, 4) is 17.2 Å². The monoisotopic (exact) mass is 344 g/mol. The molecule has 0 atom stereocenters. The highest BCUT2D eigenvalue weighted by Gasteiger charge is 2.16. The van der Waals surface area contributed by atoms with Crippen LogP contribution in [0.3, 0.4) is 0 Å². The first-order valence-electron chi connectivity index (χ1n) is 6.31. The first-order chi connectivity index (χ1) is 11.0. The molecule has 0 radical (unpaired) electrons. The number of hydrogen-bond acceptors (Lipinski definition) is 6. The van der Waals surface area contributed by atoms with E-state index in [0.29, 0.717) is 22.8 Å². The van der Waals surface area contributed by atoms with E-state index < -0.39 is 12.2 Å². The van der Waals surface area contributed by atoms with Crippen molar-refractivity contribution < 1.29 is 23.0 Å². The molecule has 0 aliphatic heterocycles. The third kappa shape index (κ3) is 3.47. The van der Waals surface area contributed by atoms with Gasteiger partial charge in [0.25, 0.3) is 6.43 Å². The van der Waals surface area contributed by atoms with Crippen molar-refractivity contribution >= 4 is 18.4 Å². The van der Waals surface area contributed by atoms with Crippen molar-refractivity contribution in [1.82, 2.24) is 14.9 Å². The van der Waals surface area contributed by atoms with Gasteiger partial charge < -0.3 is 14.2 Å². The molecule has 7 nitrogen and oxygen atoms in total. The fraction of sp³-hybridized carbons (Fsp3) is 0.308. The second-order valence-electron chi connectivity index (χ2n) is 4.20. The summed E-state index contributed by atoms with van der Waals surface area (Å²) in [6, 6.07) is 3.24. The van der Waals surface area contributed by atoms with E-state index in [1.807, 2.05) is 0 Å². The number of H-pyrrole nitrogens is 1. The minimum absolute atomic E-state index is 0.0380. The van der Waals surface area contributed by atoms with Gasteiger partial charge in [0.1, 0.15) is 0 Å². The minimum atomic E-state index is -2.81. The van der Waals surface area contributed by atoms with Crippen molar-refractivity contribution in [2.75, 3.05) is 21.3 Å². The molecule has 0 spiro atoms. The first kappa shape index (κ1) is 16.9. The predicted octanol–water partition coefficient (Wildman–Crippen LogP) is 2.79. The molecule has 124 valence electrons. The van der Waals surface area contributed by atoms with Gasteiger partial charge in [0.05, 0.1) is 27.5 Å². The summed E-state index contributed by atoms with van der Waals surface area (Å²) in [7, 11) is 4.42. The molecule has 0 aliphatic rings. The van der Waals surface area contributed by atoms with E-state index in [9.17, 15) is 8.78 Å². The van der Waals surface area contributed by atoms with Crippen molar-refractivity contribution in [2.24, 2.45) is 5.10 Å². The fourth-order valence-corrected chi connectivity index (χ4v) is 2.04. The molecule has 10 heteroatoms. The number of nitrogens with one attached hydrogen (secondary N) is 1. The maximum Gasteiger partial charge on any atom is 0.299 e. The summed E-state index contributed by atoms with van der Waals surface area (Å²) >= 11 is 4.87. The van der Waals surface area contributed by atoms with Crippen molar-refractivity contribution in [3.63, 3.8) is 0 Å².